The van der Waals surface area contributed by atoms with Crippen molar-refractivity contribution in [1.82, 2.24) is 15.4 Å². The Bertz CT molecular complexity index is 1350. The van der Waals surface area contributed by atoms with Gasteiger partial charge in [0.05, 0.1) is 35.8 Å². The molecule has 0 saturated carbocycles. The minimum absolute atomic E-state index is 0.123. The predicted molar refractivity (Wildman–Crippen MR) is 136 cm³/mol. The van der Waals surface area contributed by atoms with E-state index < -0.39 is 5.91 Å². The molecule has 36 heavy (non-hydrogen) atoms. The number of hydrogen-bond donors (Lipinski definition) is 3. The Hall–Kier alpha value is -4.30. The topological polar surface area (TPSA) is 112 Å². The number of rotatable bonds is 7. The molecule has 8 nitrogen and oxygen atoms in total. The van der Waals surface area contributed by atoms with Crippen molar-refractivity contribution in [1.29, 1.82) is 0 Å². The maximum Gasteiger partial charge on any atom is 0.274 e. The van der Waals surface area contributed by atoms with Crippen LogP contribution in [0.25, 0.3) is 17.0 Å². The minimum Gasteiger partial charge on any atom is -0.380 e. The van der Waals surface area contributed by atoms with E-state index in [0.717, 1.165) is 27.7 Å². The van der Waals surface area contributed by atoms with E-state index in [1.54, 1.807) is 35.9 Å². The van der Waals surface area contributed by atoms with E-state index in [0.29, 0.717) is 24.9 Å². The standard InChI is InChI=1S/C28H26N4O4/c33-26(31-36)20-11-9-18(10-12-20)13-19(15-29-22-14-21-5-1-4-8-25(21)30-16-22)17-32-27(34)23-6-2-3-7-24(23)28(32)35/h1-5,8-14,16,23-24,29,36H,6-7,15,17H2,(H,31,33). The van der Waals surface area contributed by atoms with Gasteiger partial charge in [-0.2, -0.15) is 0 Å². The van der Waals surface area contributed by atoms with Crippen LogP contribution in [-0.4, -0.2) is 45.9 Å². The number of pyridine rings is 1. The number of carbonyl (C=O) groups is 3. The number of allylic oxidation sites excluding steroid dienone is 2. The third-order valence-electron chi connectivity index (χ3n) is 6.72. The van der Waals surface area contributed by atoms with Crippen LogP contribution in [0.3, 0.4) is 0 Å². The van der Waals surface area contributed by atoms with Crippen LogP contribution < -0.4 is 10.8 Å². The second-order valence-corrected chi connectivity index (χ2v) is 9.05. The van der Waals surface area contributed by atoms with Crippen LogP contribution in [0.2, 0.25) is 0 Å². The van der Waals surface area contributed by atoms with Gasteiger partial charge in [-0.3, -0.25) is 29.5 Å². The van der Waals surface area contributed by atoms with Crippen molar-refractivity contribution in [3.8, 4) is 0 Å². The summed E-state index contributed by atoms with van der Waals surface area (Å²) in [6.45, 7) is 0.571. The van der Waals surface area contributed by atoms with Crippen LogP contribution in [0, 0.1) is 11.8 Å². The van der Waals surface area contributed by atoms with Gasteiger partial charge in [0.1, 0.15) is 0 Å². The molecule has 2 heterocycles. The predicted octanol–water partition coefficient (Wildman–Crippen LogP) is 3.80. The normalized spacial score (nSPS) is 19.5. The second-order valence-electron chi connectivity index (χ2n) is 9.05. The van der Waals surface area contributed by atoms with Gasteiger partial charge in [-0.05, 0) is 48.2 Å². The number of carbonyl (C=O) groups excluding carboxylic acids is 3. The van der Waals surface area contributed by atoms with E-state index in [9.17, 15) is 14.4 Å². The maximum atomic E-state index is 13.1. The van der Waals surface area contributed by atoms with E-state index in [1.165, 1.54) is 4.90 Å². The highest BCUT2D eigenvalue weighted by molar-refractivity contribution is 6.05. The number of hydroxylamine groups is 1. The van der Waals surface area contributed by atoms with Gasteiger partial charge in [0.25, 0.3) is 5.91 Å². The lowest BCUT2D eigenvalue weighted by atomic mass is 9.85. The average molecular weight is 483 g/mol. The van der Waals surface area contributed by atoms with Crippen LogP contribution in [0.15, 0.2) is 78.5 Å². The molecule has 182 valence electrons. The van der Waals surface area contributed by atoms with E-state index in [2.05, 4.69) is 10.3 Å². The first-order valence-electron chi connectivity index (χ1n) is 11.9. The molecule has 1 aliphatic heterocycles. The number of nitrogens with one attached hydrogen (secondary N) is 2. The molecule has 0 spiro atoms. The van der Waals surface area contributed by atoms with Crippen LogP contribution in [0.4, 0.5) is 5.69 Å². The van der Waals surface area contributed by atoms with Crippen molar-refractivity contribution in [2.45, 2.75) is 12.8 Å². The van der Waals surface area contributed by atoms with Gasteiger partial charge in [0.2, 0.25) is 11.8 Å². The van der Waals surface area contributed by atoms with E-state index in [4.69, 9.17) is 5.21 Å². The molecule has 3 aromatic rings. The smallest absolute Gasteiger partial charge is 0.274 e. The largest absolute Gasteiger partial charge is 0.380 e. The van der Waals surface area contributed by atoms with Gasteiger partial charge in [0.15, 0.2) is 0 Å². The molecule has 1 saturated heterocycles. The molecule has 5 rings (SSSR count). The summed E-state index contributed by atoms with van der Waals surface area (Å²) >= 11 is 0. The monoisotopic (exact) mass is 482 g/mol. The van der Waals surface area contributed by atoms with Crippen molar-refractivity contribution in [3.05, 3.63) is 89.6 Å². The molecule has 1 aromatic heterocycles. The first-order chi connectivity index (χ1) is 17.5. The van der Waals surface area contributed by atoms with Gasteiger partial charge in [0, 0.05) is 17.5 Å². The van der Waals surface area contributed by atoms with Gasteiger partial charge >= 0.3 is 0 Å². The van der Waals surface area contributed by atoms with Gasteiger partial charge in [-0.15, -0.1) is 0 Å². The molecule has 8 heteroatoms. The van der Waals surface area contributed by atoms with Gasteiger partial charge in [-0.25, -0.2) is 5.48 Å². The lowest BCUT2D eigenvalue weighted by molar-refractivity contribution is -0.139. The summed E-state index contributed by atoms with van der Waals surface area (Å²) in [5, 5.41) is 13.2. The lowest BCUT2D eigenvalue weighted by Crippen LogP contribution is -2.34. The summed E-state index contributed by atoms with van der Waals surface area (Å²) in [5.41, 5.74) is 5.29. The number of anilines is 1. The summed E-state index contributed by atoms with van der Waals surface area (Å²) in [5.74, 6) is -1.40. The van der Waals surface area contributed by atoms with Crippen LogP contribution >= 0.6 is 0 Å². The molecule has 2 atom stereocenters. The fourth-order valence-corrected chi connectivity index (χ4v) is 4.79. The van der Waals surface area contributed by atoms with Gasteiger partial charge in [-0.1, -0.05) is 48.6 Å². The fourth-order valence-electron chi connectivity index (χ4n) is 4.79. The zero-order valence-corrected chi connectivity index (χ0v) is 19.6. The molecule has 2 aromatic carbocycles. The van der Waals surface area contributed by atoms with Crippen LogP contribution in [0.5, 0.6) is 0 Å². The van der Waals surface area contributed by atoms with E-state index >= 15 is 0 Å². The highest BCUT2D eigenvalue weighted by Crippen LogP contribution is 2.35. The third kappa shape index (κ3) is 4.76. The molecule has 2 unspecified atom stereocenters. The highest BCUT2D eigenvalue weighted by Gasteiger charge is 2.47. The molecule has 2 aliphatic rings. The Morgan fingerprint density at radius 3 is 2.42 bits per heavy atom. The first-order valence-corrected chi connectivity index (χ1v) is 11.9. The van der Waals surface area contributed by atoms with Crippen molar-refractivity contribution in [2.75, 3.05) is 18.4 Å². The minimum atomic E-state index is -0.597. The molecular formula is C28H26N4O4. The number of benzene rings is 2. The SMILES string of the molecule is O=C(NO)c1ccc(C=C(CNc2cnc3ccccc3c2)CN2C(=O)C3CC=CCC3C2=O)cc1. The number of fused-ring (bicyclic) bond motifs is 2. The number of imide groups is 1. The summed E-state index contributed by atoms with van der Waals surface area (Å²) < 4.78 is 0. The molecule has 3 amide bonds. The zero-order chi connectivity index (χ0) is 25.1. The number of amides is 3. The molecular weight excluding hydrogens is 456 g/mol. The Labute approximate surface area is 208 Å². The number of hydrogen-bond acceptors (Lipinski definition) is 6. The highest BCUT2D eigenvalue weighted by atomic mass is 16.5. The molecule has 0 bridgehead atoms. The fraction of sp³-hybridized carbons (Fsp3) is 0.214. The Morgan fingerprint density at radius 2 is 1.72 bits per heavy atom. The quantitative estimate of drug-likeness (QED) is 0.204. The van der Waals surface area contributed by atoms with Crippen molar-refractivity contribution in [2.24, 2.45) is 11.8 Å². The molecule has 1 aliphatic carbocycles. The van der Waals surface area contributed by atoms with E-state index in [1.807, 2.05) is 48.6 Å². The Kier molecular flexibility index (Phi) is 6.60. The maximum absolute atomic E-state index is 13.1. The number of para-hydroxylation sites is 1. The van der Waals surface area contributed by atoms with E-state index in [-0.39, 0.29) is 30.2 Å². The third-order valence-corrected chi connectivity index (χ3v) is 6.72. The number of likely N-dealkylation sites (tertiary alicyclic amines) is 1. The summed E-state index contributed by atoms with van der Waals surface area (Å²) in [7, 11) is 0. The average Bonchev–Trinajstić information content (AvgIpc) is 3.16. The summed E-state index contributed by atoms with van der Waals surface area (Å²) in [6, 6.07) is 16.5. The molecule has 0 radical (unpaired) electrons. The lowest BCUT2D eigenvalue weighted by Gasteiger charge is -2.18. The van der Waals surface area contributed by atoms with Crippen molar-refractivity contribution in [3.63, 3.8) is 0 Å². The second kappa shape index (κ2) is 10.1. The Balaban J connectivity index is 1.39. The van der Waals surface area contributed by atoms with Crippen LogP contribution in [0.1, 0.15) is 28.8 Å². The first kappa shape index (κ1) is 23.4. The number of aromatic nitrogens is 1. The van der Waals surface area contributed by atoms with Gasteiger partial charge < -0.3 is 5.32 Å². The Morgan fingerprint density at radius 1 is 1.03 bits per heavy atom. The van der Waals surface area contributed by atoms with Crippen LogP contribution in [-0.2, 0) is 9.59 Å². The van der Waals surface area contributed by atoms with Crippen molar-refractivity contribution < 1.29 is 19.6 Å². The summed E-state index contributed by atoms with van der Waals surface area (Å²) in [6.07, 6.45) is 8.81. The molecule has 3 N–H and O–H groups in total. The molecule has 1 fully saturated rings. The zero-order valence-electron chi connectivity index (χ0n) is 19.6. The van der Waals surface area contributed by atoms with Crippen molar-refractivity contribution >= 4 is 40.4 Å². The number of nitrogens with zero attached hydrogens (tertiary/aromatic N) is 2. The summed E-state index contributed by atoms with van der Waals surface area (Å²) in [4.78, 5) is 43.6.